The third-order valence-corrected chi connectivity index (χ3v) is 5.70. The molecule has 1 aromatic heterocycles. The van der Waals surface area contributed by atoms with Crippen LogP contribution in [0.3, 0.4) is 0 Å². The number of nitrogens with zero attached hydrogens (tertiary/aromatic N) is 3. The van der Waals surface area contributed by atoms with Crippen LogP contribution < -0.4 is 4.90 Å². The molecule has 0 unspecified atom stereocenters. The van der Waals surface area contributed by atoms with Crippen molar-refractivity contribution in [2.45, 2.75) is 58.3 Å². The van der Waals surface area contributed by atoms with Crippen molar-refractivity contribution in [1.82, 2.24) is 9.97 Å². The van der Waals surface area contributed by atoms with E-state index in [1.54, 1.807) is 0 Å². The van der Waals surface area contributed by atoms with Gasteiger partial charge in [0.05, 0.1) is 0 Å². The Morgan fingerprint density at radius 2 is 1.85 bits per heavy atom. The maximum absolute atomic E-state index is 4.80. The second-order valence-corrected chi connectivity index (χ2v) is 7.19. The molecule has 2 aliphatic rings. The van der Waals surface area contributed by atoms with Crippen molar-refractivity contribution >= 4 is 21.7 Å². The predicted octanol–water partition coefficient (Wildman–Crippen LogP) is 4.52. The van der Waals surface area contributed by atoms with Gasteiger partial charge in [-0.25, -0.2) is 9.97 Å². The maximum Gasteiger partial charge on any atom is 0.135 e. The van der Waals surface area contributed by atoms with Crippen LogP contribution in [-0.4, -0.2) is 23.1 Å². The third kappa shape index (κ3) is 2.85. The fraction of sp³-hybridized carbons (Fsp3) is 0.750. The van der Waals surface area contributed by atoms with Crippen LogP contribution in [0.25, 0.3) is 0 Å². The lowest BCUT2D eigenvalue weighted by atomic mass is 9.74. The highest BCUT2D eigenvalue weighted by atomic mass is 79.9. The van der Waals surface area contributed by atoms with Crippen LogP contribution in [0.2, 0.25) is 0 Å². The molecule has 110 valence electrons. The highest BCUT2D eigenvalue weighted by Gasteiger charge is 2.32. The van der Waals surface area contributed by atoms with E-state index in [0.717, 1.165) is 29.3 Å². The van der Waals surface area contributed by atoms with E-state index in [-0.39, 0.29) is 0 Å². The van der Waals surface area contributed by atoms with Gasteiger partial charge < -0.3 is 4.90 Å². The molecule has 1 saturated carbocycles. The summed E-state index contributed by atoms with van der Waals surface area (Å²) in [6.07, 6.45) is 7.70. The zero-order chi connectivity index (χ0) is 14.2. The Hall–Kier alpha value is -0.640. The van der Waals surface area contributed by atoms with Crippen molar-refractivity contribution < 1.29 is 0 Å². The Kier molecular flexibility index (Phi) is 4.02. The van der Waals surface area contributed by atoms with Gasteiger partial charge in [-0.05, 0) is 47.0 Å². The van der Waals surface area contributed by atoms with Crippen LogP contribution in [0.15, 0.2) is 10.7 Å². The van der Waals surface area contributed by atoms with Crippen LogP contribution in [0.4, 0.5) is 5.82 Å². The summed E-state index contributed by atoms with van der Waals surface area (Å²) in [5, 5.41) is 0. The Bertz CT molecular complexity index is 471. The van der Waals surface area contributed by atoms with Crippen LogP contribution in [0.1, 0.15) is 64.1 Å². The van der Waals surface area contributed by atoms with Crippen LogP contribution >= 0.6 is 15.9 Å². The van der Waals surface area contributed by atoms with E-state index in [0.29, 0.717) is 11.3 Å². The quantitative estimate of drug-likeness (QED) is 0.756. The zero-order valence-corrected chi connectivity index (χ0v) is 14.1. The van der Waals surface area contributed by atoms with E-state index in [4.69, 9.17) is 4.98 Å². The molecular formula is C16H24BrN3. The molecule has 4 heteroatoms. The monoisotopic (exact) mass is 337 g/mol. The standard InChI is InChI=1S/C16H24BrN3/c1-3-16(4-2)7-9-20(10-8-16)14-11-13(17)18-15(19-14)12-5-6-12/h11-12H,3-10H2,1-2H3. The molecule has 3 nitrogen and oxygen atoms in total. The number of halogens is 1. The van der Waals surface area contributed by atoms with E-state index < -0.39 is 0 Å². The fourth-order valence-corrected chi connectivity index (χ4v) is 3.66. The summed E-state index contributed by atoms with van der Waals surface area (Å²) >= 11 is 3.55. The molecule has 0 bridgehead atoms. The topological polar surface area (TPSA) is 29.0 Å². The van der Waals surface area contributed by atoms with Gasteiger partial charge in [-0.3, -0.25) is 0 Å². The highest BCUT2D eigenvalue weighted by molar-refractivity contribution is 9.10. The molecule has 1 aromatic rings. The van der Waals surface area contributed by atoms with E-state index >= 15 is 0 Å². The van der Waals surface area contributed by atoms with Crippen LogP contribution in [-0.2, 0) is 0 Å². The molecule has 1 aliphatic heterocycles. The van der Waals surface area contributed by atoms with Gasteiger partial charge in [-0.2, -0.15) is 0 Å². The molecule has 2 heterocycles. The van der Waals surface area contributed by atoms with E-state index in [1.807, 2.05) is 0 Å². The summed E-state index contributed by atoms with van der Waals surface area (Å²) in [7, 11) is 0. The fourth-order valence-electron chi connectivity index (χ4n) is 3.28. The summed E-state index contributed by atoms with van der Waals surface area (Å²) in [6.45, 7) is 6.95. The zero-order valence-electron chi connectivity index (χ0n) is 12.5. The molecule has 0 radical (unpaired) electrons. The van der Waals surface area contributed by atoms with Crippen molar-refractivity contribution in [1.29, 1.82) is 0 Å². The van der Waals surface area contributed by atoms with Gasteiger partial charge in [0.15, 0.2) is 0 Å². The average Bonchev–Trinajstić information content (AvgIpc) is 3.31. The first kappa shape index (κ1) is 14.3. The number of hydrogen-bond donors (Lipinski definition) is 0. The lowest BCUT2D eigenvalue weighted by Gasteiger charge is -2.41. The summed E-state index contributed by atoms with van der Waals surface area (Å²) < 4.78 is 0.937. The predicted molar refractivity (Wildman–Crippen MR) is 86.2 cm³/mol. The molecule has 20 heavy (non-hydrogen) atoms. The first-order valence-electron chi connectivity index (χ1n) is 7.95. The lowest BCUT2D eigenvalue weighted by molar-refractivity contribution is 0.199. The lowest BCUT2D eigenvalue weighted by Crippen LogP contribution is -2.40. The minimum atomic E-state index is 0.570. The van der Waals surface area contributed by atoms with Gasteiger partial charge in [0, 0.05) is 25.1 Å². The normalized spacial score (nSPS) is 22.1. The number of anilines is 1. The van der Waals surface area contributed by atoms with Crippen molar-refractivity contribution in [3.05, 3.63) is 16.5 Å². The molecule has 3 rings (SSSR count). The molecule has 0 N–H and O–H groups in total. The van der Waals surface area contributed by atoms with Gasteiger partial charge >= 0.3 is 0 Å². The van der Waals surface area contributed by atoms with Crippen molar-refractivity contribution in [3.8, 4) is 0 Å². The summed E-state index contributed by atoms with van der Waals surface area (Å²) in [6, 6.07) is 2.08. The van der Waals surface area contributed by atoms with Gasteiger partial charge in [-0.1, -0.05) is 26.7 Å². The molecule has 1 aliphatic carbocycles. The molecular weight excluding hydrogens is 314 g/mol. The largest absolute Gasteiger partial charge is 0.356 e. The molecule has 0 amide bonds. The van der Waals surface area contributed by atoms with Gasteiger partial charge in [0.25, 0.3) is 0 Å². The number of piperidine rings is 1. The second kappa shape index (κ2) is 5.63. The van der Waals surface area contributed by atoms with E-state index in [9.17, 15) is 0 Å². The highest BCUT2D eigenvalue weighted by Crippen LogP contribution is 2.41. The Balaban J connectivity index is 1.74. The second-order valence-electron chi connectivity index (χ2n) is 6.38. The summed E-state index contributed by atoms with van der Waals surface area (Å²) in [4.78, 5) is 11.8. The first-order chi connectivity index (χ1) is 9.65. The maximum atomic E-state index is 4.80. The number of aromatic nitrogens is 2. The first-order valence-corrected chi connectivity index (χ1v) is 8.74. The molecule has 2 fully saturated rings. The summed E-state index contributed by atoms with van der Waals surface area (Å²) in [5.74, 6) is 2.77. The van der Waals surface area contributed by atoms with Crippen molar-refractivity contribution in [2.75, 3.05) is 18.0 Å². The number of rotatable bonds is 4. The van der Waals surface area contributed by atoms with Gasteiger partial charge in [-0.15, -0.1) is 0 Å². The van der Waals surface area contributed by atoms with E-state index in [2.05, 4.69) is 45.7 Å². The third-order valence-electron chi connectivity index (χ3n) is 5.29. The smallest absolute Gasteiger partial charge is 0.135 e. The van der Waals surface area contributed by atoms with Crippen molar-refractivity contribution in [2.24, 2.45) is 5.41 Å². The Morgan fingerprint density at radius 1 is 1.20 bits per heavy atom. The molecule has 0 atom stereocenters. The average molecular weight is 338 g/mol. The SMILES string of the molecule is CCC1(CC)CCN(c2cc(Br)nc(C3CC3)n2)CC1. The summed E-state index contributed by atoms with van der Waals surface area (Å²) in [5.41, 5.74) is 0.570. The Morgan fingerprint density at radius 3 is 2.40 bits per heavy atom. The Labute approximate surface area is 130 Å². The number of hydrogen-bond acceptors (Lipinski definition) is 3. The minimum absolute atomic E-state index is 0.570. The molecule has 0 aromatic carbocycles. The van der Waals surface area contributed by atoms with Crippen LogP contribution in [0.5, 0.6) is 0 Å². The minimum Gasteiger partial charge on any atom is -0.356 e. The van der Waals surface area contributed by atoms with Gasteiger partial charge in [0.2, 0.25) is 0 Å². The van der Waals surface area contributed by atoms with Crippen molar-refractivity contribution in [3.63, 3.8) is 0 Å². The molecule has 1 saturated heterocycles. The molecule has 0 spiro atoms. The van der Waals surface area contributed by atoms with E-state index in [1.165, 1.54) is 38.5 Å². The van der Waals surface area contributed by atoms with Crippen LogP contribution in [0, 0.1) is 5.41 Å². The van der Waals surface area contributed by atoms with Gasteiger partial charge in [0.1, 0.15) is 16.2 Å².